The van der Waals surface area contributed by atoms with Crippen molar-refractivity contribution < 1.29 is 0 Å². The van der Waals surface area contributed by atoms with Crippen LogP contribution in [0.4, 0.5) is 0 Å². The Balaban J connectivity index is 3.21. The van der Waals surface area contributed by atoms with E-state index in [1.165, 1.54) is 0 Å². The molecule has 0 aliphatic carbocycles. The van der Waals surface area contributed by atoms with Crippen LogP contribution < -0.4 is 10.6 Å². The molecule has 0 spiro atoms. The first kappa shape index (κ1) is 7.50. The van der Waals surface area contributed by atoms with Crippen LogP contribution >= 0.6 is 0 Å². The smallest absolute Gasteiger partial charge is 0.0545 e. The van der Waals surface area contributed by atoms with Crippen LogP contribution in [-0.4, -0.2) is 20.1 Å². The van der Waals surface area contributed by atoms with Gasteiger partial charge in [-0.1, -0.05) is 0 Å². The molecule has 0 saturated carbocycles. The summed E-state index contributed by atoms with van der Waals surface area (Å²) in [6.07, 6.45) is 4.79. The zero-order valence-corrected chi connectivity index (χ0v) is 5.65. The third kappa shape index (κ3) is 3.68. The van der Waals surface area contributed by atoms with Crippen LogP contribution in [0.5, 0.6) is 0 Å². The molecular weight excluding hydrogens is 100 g/mol. The molecule has 2 N–H and O–H groups in total. The van der Waals surface area contributed by atoms with Crippen molar-refractivity contribution in [2.45, 2.75) is 13.0 Å². The maximum Gasteiger partial charge on any atom is 0.0545 e. The Morgan fingerprint density at radius 2 is 2.12 bits per heavy atom. The molecule has 0 amide bonds. The van der Waals surface area contributed by atoms with Crippen LogP contribution in [0, 0.1) is 6.20 Å². The molecule has 0 heterocycles. The summed E-state index contributed by atoms with van der Waals surface area (Å²) in [5.74, 6) is 0. The highest BCUT2D eigenvalue weighted by atomic mass is 14.9. The van der Waals surface area contributed by atoms with Crippen LogP contribution in [-0.2, 0) is 0 Å². The molecule has 1 radical (unpaired) electrons. The minimum Gasteiger partial charge on any atom is -0.387 e. The predicted molar refractivity (Wildman–Crippen MR) is 35.4 cm³/mol. The molecule has 0 rings (SSSR count). The number of nitrogens with one attached hydrogen (secondary N) is 2. The molecule has 0 aliphatic heterocycles. The SMILES string of the molecule is CN/[C]=C\C(C)NC. The lowest BCUT2D eigenvalue weighted by atomic mass is 10.3. The van der Waals surface area contributed by atoms with E-state index in [0.717, 1.165) is 0 Å². The molecular formula is C6H13N2. The van der Waals surface area contributed by atoms with Crippen molar-refractivity contribution in [3.8, 4) is 0 Å². The van der Waals surface area contributed by atoms with E-state index in [2.05, 4.69) is 23.8 Å². The second-order valence-electron chi connectivity index (χ2n) is 1.64. The Bertz CT molecular complexity index is 68.9. The van der Waals surface area contributed by atoms with Crippen molar-refractivity contribution in [2.24, 2.45) is 0 Å². The highest BCUT2D eigenvalue weighted by Gasteiger charge is 1.85. The van der Waals surface area contributed by atoms with Crippen molar-refractivity contribution in [3.05, 3.63) is 12.3 Å². The molecule has 1 atom stereocenters. The fourth-order valence-electron chi connectivity index (χ4n) is 0.292. The van der Waals surface area contributed by atoms with Gasteiger partial charge in [0.2, 0.25) is 0 Å². The van der Waals surface area contributed by atoms with Gasteiger partial charge in [0.1, 0.15) is 0 Å². The average Bonchev–Trinajstić information content (AvgIpc) is 1.83. The summed E-state index contributed by atoms with van der Waals surface area (Å²) in [5, 5.41) is 5.83. The Hall–Kier alpha value is -0.500. The molecule has 0 aromatic rings. The van der Waals surface area contributed by atoms with Gasteiger partial charge in [0.25, 0.3) is 0 Å². The van der Waals surface area contributed by atoms with Crippen LogP contribution in [0.15, 0.2) is 6.08 Å². The summed E-state index contributed by atoms with van der Waals surface area (Å²) in [5.41, 5.74) is 0. The molecule has 0 bridgehead atoms. The van der Waals surface area contributed by atoms with E-state index in [9.17, 15) is 0 Å². The third-order valence-corrected chi connectivity index (χ3v) is 0.933. The summed E-state index contributed by atoms with van der Waals surface area (Å²) in [4.78, 5) is 0. The fraction of sp³-hybridized carbons (Fsp3) is 0.667. The van der Waals surface area contributed by atoms with Crippen LogP contribution in [0.3, 0.4) is 0 Å². The van der Waals surface area contributed by atoms with E-state index in [1.807, 2.05) is 20.2 Å². The van der Waals surface area contributed by atoms with E-state index in [-0.39, 0.29) is 0 Å². The largest absolute Gasteiger partial charge is 0.387 e. The van der Waals surface area contributed by atoms with Gasteiger partial charge < -0.3 is 10.6 Å². The second kappa shape index (κ2) is 4.65. The minimum absolute atomic E-state index is 0.405. The zero-order valence-electron chi connectivity index (χ0n) is 5.65. The van der Waals surface area contributed by atoms with E-state index in [0.29, 0.717) is 6.04 Å². The van der Waals surface area contributed by atoms with Crippen molar-refractivity contribution in [2.75, 3.05) is 14.1 Å². The second-order valence-corrected chi connectivity index (χ2v) is 1.64. The lowest BCUT2D eigenvalue weighted by molar-refractivity contribution is 0.722. The molecule has 2 heteroatoms. The fourth-order valence-corrected chi connectivity index (χ4v) is 0.292. The lowest BCUT2D eigenvalue weighted by Crippen LogP contribution is -2.18. The average molecular weight is 113 g/mol. The van der Waals surface area contributed by atoms with Gasteiger partial charge in [0, 0.05) is 13.1 Å². The number of hydrogen-bond acceptors (Lipinski definition) is 2. The van der Waals surface area contributed by atoms with Crippen LogP contribution in [0.2, 0.25) is 0 Å². The van der Waals surface area contributed by atoms with E-state index in [1.54, 1.807) is 0 Å². The van der Waals surface area contributed by atoms with E-state index in [4.69, 9.17) is 0 Å². The van der Waals surface area contributed by atoms with Crippen LogP contribution in [0.1, 0.15) is 6.92 Å². The molecule has 2 nitrogen and oxygen atoms in total. The molecule has 0 aromatic carbocycles. The third-order valence-electron chi connectivity index (χ3n) is 0.933. The molecule has 0 fully saturated rings. The summed E-state index contributed by atoms with van der Waals surface area (Å²) in [7, 11) is 3.75. The van der Waals surface area contributed by atoms with Gasteiger partial charge in [0.05, 0.1) is 6.20 Å². The molecule has 1 unspecified atom stereocenters. The predicted octanol–water partition coefficient (Wildman–Crippen LogP) is 0.131. The van der Waals surface area contributed by atoms with E-state index < -0.39 is 0 Å². The zero-order chi connectivity index (χ0) is 6.41. The molecule has 0 saturated heterocycles. The standard InChI is InChI=1S/C6H13N2/c1-6(8-3)4-5-7-2/h4,6-8H,1-3H3. The summed E-state index contributed by atoms with van der Waals surface area (Å²) in [6, 6.07) is 0.405. The number of likely N-dealkylation sites (N-methyl/N-ethyl adjacent to an activating group) is 1. The first-order valence-corrected chi connectivity index (χ1v) is 2.74. The maximum absolute atomic E-state index is 3.04. The van der Waals surface area contributed by atoms with Gasteiger partial charge in [-0.25, -0.2) is 0 Å². The summed E-state index contributed by atoms with van der Waals surface area (Å²) < 4.78 is 0. The quantitative estimate of drug-likeness (QED) is 0.508. The first-order chi connectivity index (χ1) is 3.81. The Morgan fingerprint density at radius 3 is 2.50 bits per heavy atom. The van der Waals surface area contributed by atoms with Crippen molar-refractivity contribution >= 4 is 0 Å². The Morgan fingerprint density at radius 1 is 1.50 bits per heavy atom. The molecule has 8 heavy (non-hydrogen) atoms. The van der Waals surface area contributed by atoms with Gasteiger partial charge >= 0.3 is 0 Å². The van der Waals surface area contributed by atoms with Gasteiger partial charge in [-0.15, -0.1) is 0 Å². The van der Waals surface area contributed by atoms with Crippen molar-refractivity contribution in [1.29, 1.82) is 0 Å². The van der Waals surface area contributed by atoms with Crippen molar-refractivity contribution in [3.63, 3.8) is 0 Å². The Kier molecular flexibility index (Phi) is 4.36. The number of hydrogen-bond donors (Lipinski definition) is 2. The molecule has 47 valence electrons. The van der Waals surface area contributed by atoms with Gasteiger partial charge in [-0.3, -0.25) is 0 Å². The Labute approximate surface area is 51.0 Å². The van der Waals surface area contributed by atoms with E-state index >= 15 is 0 Å². The maximum atomic E-state index is 3.04. The summed E-state index contributed by atoms with van der Waals surface area (Å²) >= 11 is 0. The summed E-state index contributed by atoms with van der Waals surface area (Å²) in [6.45, 7) is 2.06. The highest BCUT2D eigenvalue weighted by Crippen LogP contribution is 1.77. The highest BCUT2D eigenvalue weighted by molar-refractivity contribution is 4.81. The van der Waals surface area contributed by atoms with Gasteiger partial charge in [-0.05, 0) is 20.0 Å². The van der Waals surface area contributed by atoms with Crippen molar-refractivity contribution in [1.82, 2.24) is 10.6 Å². The monoisotopic (exact) mass is 113 g/mol. The molecule has 0 aromatic heterocycles. The van der Waals surface area contributed by atoms with Crippen LogP contribution in [0.25, 0.3) is 0 Å². The first-order valence-electron chi connectivity index (χ1n) is 2.74. The lowest BCUT2D eigenvalue weighted by Gasteiger charge is -2.00. The normalized spacial score (nSPS) is 14.4. The van der Waals surface area contributed by atoms with Gasteiger partial charge in [0.15, 0.2) is 0 Å². The van der Waals surface area contributed by atoms with Gasteiger partial charge in [-0.2, -0.15) is 0 Å². The topological polar surface area (TPSA) is 24.1 Å². The molecule has 0 aliphatic rings. The number of rotatable bonds is 3. The minimum atomic E-state index is 0.405.